The molecule has 0 aromatic heterocycles. The molecule has 0 radical (unpaired) electrons. The SMILES string of the molecule is CC1CCCC(CO)(NC(=O)C2CC(O)CN2)C1. The highest BCUT2D eigenvalue weighted by atomic mass is 16.3. The van der Waals surface area contributed by atoms with Gasteiger partial charge in [-0.15, -0.1) is 0 Å². The third-order valence-corrected chi connectivity index (χ3v) is 4.21. The highest BCUT2D eigenvalue weighted by Crippen LogP contribution is 2.32. The van der Waals surface area contributed by atoms with Crippen molar-refractivity contribution >= 4 is 5.91 Å². The molecular formula is C13H24N2O3. The van der Waals surface area contributed by atoms with Crippen molar-refractivity contribution < 1.29 is 15.0 Å². The summed E-state index contributed by atoms with van der Waals surface area (Å²) in [7, 11) is 0. The Labute approximate surface area is 108 Å². The van der Waals surface area contributed by atoms with E-state index in [1.165, 1.54) is 0 Å². The molecule has 2 aliphatic rings. The maximum absolute atomic E-state index is 12.1. The largest absolute Gasteiger partial charge is 0.394 e. The Morgan fingerprint density at radius 3 is 2.89 bits per heavy atom. The van der Waals surface area contributed by atoms with Crippen molar-refractivity contribution in [2.75, 3.05) is 13.2 Å². The fourth-order valence-corrected chi connectivity index (χ4v) is 3.22. The lowest BCUT2D eigenvalue weighted by molar-refractivity contribution is -0.126. The first kappa shape index (κ1) is 13.8. The van der Waals surface area contributed by atoms with Crippen molar-refractivity contribution in [3.63, 3.8) is 0 Å². The number of carbonyl (C=O) groups excluding carboxylic acids is 1. The van der Waals surface area contributed by atoms with Crippen LogP contribution in [0.4, 0.5) is 0 Å². The molecule has 1 saturated heterocycles. The lowest BCUT2D eigenvalue weighted by Gasteiger charge is -2.40. The molecule has 5 nitrogen and oxygen atoms in total. The Morgan fingerprint density at radius 1 is 1.56 bits per heavy atom. The monoisotopic (exact) mass is 256 g/mol. The van der Waals surface area contributed by atoms with Gasteiger partial charge in [0.1, 0.15) is 0 Å². The van der Waals surface area contributed by atoms with Crippen LogP contribution in [0.2, 0.25) is 0 Å². The molecule has 2 rings (SSSR count). The third-order valence-electron chi connectivity index (χ3n) is 4.21. The summed E-state index contributed by atoms with van der Waals surface area (Å²) in [4.78, 5) is 12.1. The second-order valence-corrected chi connectivity index (χ2v) is 5.98. The fraction of sp³-hybridized carbons (Fsp3) is 0.923. The molecule has 0 bridgehead atoms. The summed E-state index contributed by atoms with van der Waals surface area (Å²) < 4.78 is 0. The third kappa shape index (κ3) is 3.02. The Bertz CT molecular complexity index is 311. The van der Waals surface area contributed by atoms with Crippen LogP contribution in [-0.4, -0.2) is 47.0 Å². The first-order chi connectivity index (χ1) is 8.54. The van der Waals surface area contributed by atoms with Gasteiger partial charge in [-0.1, -0.05) is 19.8 Å². The lowest BCUT2D eigenvalue weighted by atomic mass is 9.76. The molecule has 18 heavy (non-hydrogen) atoms. The van der Waals surface area contributed by atoms with Gasteiger partial charge in [-0.25, -0.2) is 0 Å². The van der Waals surface area contributed by atoms with E-state index in [1.54, 1.807) is 0 Å². The number of rotatable bonds is 3. The second-order valence-electron chi connectivity index (χ2n) is 5.98. The van der Waals surface area contributed by atoms with E-state index in [9.17, 15) is 15.0 Å². The fourth-order valence-electron chi connectivity index (χ4n) is 3.22. The minimum Gasteiger partial charge on any atom is -0.394 e. The molecule has 1 aliphatic carbocycles. The predicted octanol–water partition coefficient (Wildman–Crippen LogP) is -0.233. The normalized spacial score (nSPS) is 40.7. The summed E-state index contributed by atoms with van der Waals surface area (Å²) in [6.45, 7) is 2.63. The first-order valence-corrected chi connectivity index (χ1v) is 6.89. The summed E-state index contributed by atoms with van der Waals surface area (Å²) in [6, 6.07) is -0.319. The van der Waals surface area contributed by atoms with Crippen molar-refractivity contribution in [1.29, 1.82) is 0 Å². The zero-order valence-corrected chi connectivity index (χ0v) is 11.0. The summed E-state index contributed by atoms with van der Waals surface area (Å²) >= 11 is 0. The quantitative estimate of drug-likeness (QED) is 0.562. The molecule has 0 aromatic carbocycles. The van der Waals surface area contributed by atoms with Crippen LogP contribution in [0.15, 0.2) is 0 Å². The molecule has 104 valence electrons. The number of hydrogen-bond acceptors (Lipinski definition) is 4. The highest BCUT2D eigenvalue weighted by molar-refractivity contribution is 5.83. The number of β-amino-alcohol motifs (C(OH)–C–C–N with tert-alkyl or cyclic N) is 1. The molecule has 0 spiro atoms. The Kier molecular flexibility index (Phi) is 4.25. The molecular weight excluding hydrogens is 232 g/mol. The van der Waals surface area contributed by atoms with Crippen molar-refractivity contribution in [1.82, 2.24) is 10.6 Å². The zero-order valence-electron chi connectivity index (χ0n) is 11.0. The van der Waals surface area contributed by atoms with E-state index in [0.717, 1.165) is 25.7 Å². The average Bonchev–Trinajstić information content (AvgIpc) is 2.76. The average molecular weight is 256 g/mol. The first-order valence-electron chi connectivity index (χ1n) is 6.89. The van der Waals surface area contributed by atoms with Gasteiger partial charge in [0.25, 0.3) is 0 Å². The molecule has 1 aliphatic heterocycles. The molecule has 1 amide bonds. The van der Waals surface area contributed by atoms with E-state index in [1.807, 2.05) is 0 Å². The van der Waals surface area contributed by atoms with Crippen LogP contribution >= 0.6 is 0 Å². The van der Waals surface area contributed by atoms with Crippen molar-refractivity contribution in [2.45, 2.75) is 56.7 Å². The topological polar surface area (TPSA) is 81.6 Å². The van der Waals surface area contributed by atoms with E-state index in [4.69, 9.17) is 0 Å². The van der Waals surface area contributed by atoms with E-state index >= 15 is 0 Å². The molecule has 5 heteroatoms. The smallest absolute Gasteiger partial charge is 0.237 e. The number of aliphatic hydroxyl groups is 2. The van der Waals surface area contributed by atoms with Crippen molar-refractivity contribution in [3.8, 4) is 0 Å². The molecule has 4 N–H and O–H groups in total. The van der Waals surface area contributed by atoms with Gasteiger partial charge in [0.15, 0.2) is 0 Å². The maximum Gasteiger partial charge on any atom is 0.237 e. The van der Waals surface area contributed by atoms with Crippen LogP contribution in [-0.2, 0) is 4.79 Å². The molecule has 2 fully saturated rings. The van der Waals surface area contributed by atoms with Gasteiger partial charge >= 0.3 is 0 Å². The lowest BCUT2D eigenvalue weighted by Crippen LogP contribution is -2.57. The van der Waals surface area contributed by atoms with Crippen molar-refractivity contribution in [3.05, 3.63) is 0 Å². The second kappa shape index (κ2) is 5.55. The predicted molar refractivity (Wildman–Crippen MR) is 68.0 cm³/mol. The van der Waals surface area contributed by atoms with E-state index in [0.29, 0.717) is 18.9 Å². The number of amides is 1. The van der Waals surface area contributed by atoms with Gasteiger partial charge < -0.3 is 20.8 Å². The van der Waals surface area contributed by atoms with Crippen LogP contribution in [0.1, 0.15) is 39.0 Å². The van der Waals surface area contributed by atoms with Crippen LogP contribution < -0.4 is 10.6 Å². The summed E-state index contributed by atoms with van der Waals surface area (Å²) in [5.41, 5.74) is -0.454. The molecule has 4 atom stereocenters. The van der Waals surface area contributed by atoms with Gasteiger partial charge in [0.05, 0.1) is 24.3 Å². The highest BCUT2D eigenvalue weighted by Gasteiger charge is 2.38. The Hall–Kier alpha value is -0.650. The van der Waals surface area contributed by atoms with E-state index in [-0.39, 0.29) is 18.6 Å². The Balaban J connectivity index is 1.95. The molecule has 0 aromatic rings. The van der Waals surface area contributed by atoms with Crippen LogP contribution in [0.25, 0.3) is 0 Å². The van der Waals surface area contributed by atoms with Crippen LogP contribution in [0.5, 0.6) is 0 Å². The van der Waals surface area contributed by atoms with Crippen molar-refractivity contribution in [2.24, 2.45) is 5.92 Å². The number of hydrogen-bond donors (Lipinski definition) is 4. The molecule has 1 heterocycles. The van der Waals surface area contributed by atoms with Gasteiger partial charge in [-0.3, -0.25) is 4.79 Å². The number of nitrogens with one attached hydrogen (secondary N) is 2. The standard InChI is InChI=1S/C13H24N2O3/c1-9-3-2-4-13(6-9,8-16)15-12(18)11-5-10(17)7-14-11/h9-11,14,16-17H,2-8H2,1H3,(H,15,18). The summed E-state index contributed by atoms with van der Waals surface area (Å²) in [5, 5.41) is 25.1. The minimum absolute atomic E-state index is 0.00163. The number of carbonyl (C=O) groups is 1. The van der Waals surface area contributed by atoms with Crippen LogP contribution in [0, 0.1) is 5.92 Å². The molecule has 1 saturated carbocycles. The number of aliphatic hydroxyl groups excluding tert-OH is 2. The molecule has 4 unspecified atom stereocenters. The minimum atomic E-state index is -0.454. The van der Waals surface area contributed by atoms with Crippen LogP contribution in [0.3, 0.4) is 0 Å². The maximum atomic E-state index is 12.1. The van der Waals surface area contributed by atoms with Gasteiger partial charge in [0.2, 0.25) is 5.91 Å². The van der Waals surface area contributed by atoms with E-state index < -0.39 is 11.6 Å². The van der Waals surface area contributed by atoms with E-state index in [2.05, 4.69) is 17.6 Å². The summed E-state index contributed by atoms with van der Waals surface area (Å²) in [6.07, 6.45) is 3.92. The van der Waals surface area contributed by atoms with Gasteiger partial charge in [0, 0.05) is 6.54 Å². The zero-order chi connectivity index (χ0) is 13.2. The van der Waals surface area contributed by atoms with Gasteiger partial charge in [-0.05, 0) is 25.2 Å². The Morgan fingerprint density at radius 2 is 2.33 bits per heavy atom. The summed E-state index contributed by atoms with van der Waals surface area (Å²) in [5.74, 6) is 0.447. The van der Waals surface area contributed by atoms with Gasteiger partial charge in [-0.2, -0.15) is 0 Å².